The molecule has 4 nitrogen and oxygen atoms in total. The Bertz CT molecular complexity index is 650. The average Bonchev–Trinajstić information content (AvgIpc) is 2.66. The zero-order valence-corrected chi connectivity index (χ0v) is 19.6. The Morgan fingerprint density at radius 1 is 0.897 bits per heavy atom. The predicted octanol–water partition coefficient (Wildman–Crippen LogP) is 4.61. The summed E-state index contributed by atoms with van der Waals surface area (Å²) in [5, 5.41) is 0. The van der Waals surface area contributed by atoms with E-state index in [-0.39, 0.29) is 11.3 Å². The van der Waals surface area contributed by atoms with E-state index in [9.17, 15) is 9.59 Å². The maximum atomic E-state index is 13.2. The second-order valence-corrected chi connectivity index (χ2v) is 13.1. The van der Waals surface area contributed by atoms with Crippen molar-refractivity contribution in [2.45, 2.75) is 81.9 Å². The van der Waals surface area contributed by atoms with E-state index in [4.69, 9.17) is 0 Å². The number of piperidine rings is 2. The van der Waals surface area contributed by atoms with Gasteiger partial charge in [-0.2, -0.15) is 0 Å². The second-order valence-electron chi connectivity index (χ2n) is 11.5. The fourth-order valence-electron chi connectivity index (χ4n) is 7.84. The van der Waals surface area contributed by atoms with Crippen molar-refractivity contribution < 1.29 is 9.59 Å². The molecule has 162 valence electrons. The quantitative estimate of drug-likeness (QED) is 0.572. The smallest absolute Gasteiger partial charge is 0.225 e. The molecule has 6 fully saturated rings. The molecule has 2 saturated heterocycles. The number of nitrogens with zero attached hydrogens (tertiary/aromatic N) is 2. The summed E-state index contributed by atoms with van der Waals surface area (Å²) in [7, 11) is 0. The van der Waals surface area contributed by atoms with Gasteiger partial charge in [0.25, 0.3) is 0 Å². The Balaban J connectivity index is 1.15. The van der Waals surface area contributed by atoms with Crippen molar-refractivity contribution in [1.82, 2.24) is 9.80 Å². The van der Waals surface area contributed by atoms with E-state index in [2.05, 4.69) is 32.7 Å². The van der Waals surface area contributed by atoms with E-state index in [1.54, 1.807) is 0 Å². The van der Waals surface area contributed by atoms with Crippen LogP contribution in [0.1, 0.15) is 77.6 Å². The summed E-state index contributed by atoms with van der Waals surface area (Å²) in [5.74, 6) is 3.27. The molecule has 29 heavy (non-hydrogen) atoms. The molecule has 0 aromatic rings. The Morgan fingerprint density at radius 3 is 2.07 bits per heavy atom. The summed E-state index contributed by atoms with van der Waals surface area (Å²) in [6, 6.07) is 0. The van der Waals surface area contributed by atoms with Gasteiger partial charge >= 0.3 is 0 Å². The number of rotatable bonds is 3. The van der Waals surface area contributed by atoms with Crippen molar-refractivity contribution >= 4 is 27.7 Å². The van der Waals surface area contributed by atoms with E-state index in [1.807, 2.05) is 0 Å². The third-order valence-corrected chi connectivity index (χ3v) is 9.86. The van der Waals surface area contributed by atoms with Gasteiger partial charge in [0, 0.05) is 42.8 Å². The fraction of sp³-hybridized carbons (Fsp3) is 0.917. The zero-order valence-electron chi connectivity index (χ0n) is 18.0. The Kier molecular flexibility index (Phi) is 5.28. The standard InChI is InChI=1S/C24H37BrN2O2/c1-17-2-6-27(7-3-17)22(29)20-4-8-26(9-5-20)21(28)15-23-11-18-10-19(12-23)14-24(25,13-18)16-23/h17-20H,2-16H2,1H3. The molecule has 6 aliphatic rings. The van der Waals surface area contributed by atoms with Crippen LogP contribution in [0.15, 0.2) is 0 Å². The number of carbonyl (C=O) groups excluding carboxylic acids is 2. The van der Waals surface area contributed by atoms with Crippen molar-refractivity contribution in [3.8, 4) is 0 Å². The third-order valence-electron chi connectivity index (χ3n) is 8.93. The van der Waals surface area contributed by atoms with Gasteiger partial charge in [0.1, 0.15) is 0 Å². The molecule has 5 heteroatoms. The molecule has 4 aliphatic carbocycles. The van der Waals surface area contributed by atoms with Crippen molar-refractivity contribution in [3.05, 3.63) is 0 Å². The van der Waals surface area contributed by atoms with Crippen LogP contribution in [0.3, 0.4) is 0 Å². The van der Waals surface area contributed by atoms with Gasteiger partial charge in [-0.1, -0.05) is 22.9 Å². The number of amides is 2. The van der Waals surface area contributed by atoms with Crippen LogP contribution in [0.4, 0.5) is 0 Å². The molecule has 2 aliphatic heterocycles. The largest absolute Gasteiger partial charge is 0.343 e. The first-order valence-electron chi connectivity index (χ1n) is 12.1. The van der Waals surface area contributed by atoms with Crippen LogP contribution in [0.5, 0.6) is 0 Å². The highest BCUT2D eigenvalue weighted by atomic mass is 79.9. The van der Waals surface area contributed by atoms with Crippen LogP contribution in [-0.2, 0) is 9.59 Å². The van der Waals surface area contributed by atoms with Crippen molar-refractivity contribution in [2.75, 3.05) is 26.2 Å². The Morgan fingerprint density at radius 2 is 1.48 bits per heavy atom. The molecule has 0 aromatic carbocycles. The second kappa shape index (κ2) is 7.53. The summed E-state index contributed by atoms with van der Waals surface area (Å²) in [5.41, 5.74) is 0.252. The molecule has 0 spiro atoms. The highest BCUT2D eigenvalue weighted by Crippen LogP contribution is 2.65. The molecular formula is C24H37BrN2O2. The molecule has 4 saturated carbocycles. The lowest BCUT2D eigenvalue weighted by Gasteiger charge is -2.60. The Labute approximate surface area is 184 Å². The molecular weight excluding hydrogens is 428 g/mol. The first-order valence-corrected chi connectivity index (χ1v) is 12.9. The highest BCUT2D eigenvalue weighted by molar-refractivity contribution is 9.10. The number of carbonyl (C=O) groups is 2. The minimum absolute atomic E-state index is 0.137. The van der Waals surface area contributed by atoms with Crippen LogP contribution in [0.25, 0.3) is 0 Å². The van der Waals surface area contributed by atoms with Gasteiger partial charge in [-0.3, -0.25) is 9.59 Å². The lowest BCUT2D eigenvalue weighted by atomic mass is 9.48. The van der Waals surface area contributed by atoms with Crippen LogP contribution < -0.4 is 0 Å². The molecule has 0 aromatic heterocycles. The molecule has 2 heterocycles. The van der Waals surface area contributed by atoms with Crippen LogP contribution >= 0.6 is 15.9 Å². The molecule has 2 amide bonds. The van der Waals surface area contributed by atoms with Gasteiger partial charge in [0.15, 0.2) is 0 Å². The van der Waals surface area contributed by atoms with Crippen LogP contribution in [0.2, 0.25) is 0 Å². The topological polar surface area (TPSA) is 40.6 Å². The van der Waals surface area contributed by atoms with Gasteiger partial charge in [0.05, 0.1) is 0 Å². The van der Waals surface area contributed by atoms with E-state index >= 15 is 0 Å². The van der Waals surface area contributed by atoms with Gasteiger partial charge < -0.3 is 9.80 Å². The number of hydrogen-bond donors (Lipinski definition) is 0. The molecule has 0 N–H and O–H groups in total. The SMILES string of the molecule is CC1CCN(C(=O)C2CCN(C(=O)CC34CC5CC(CC(Br)(C5)C3)C4)CC2)CC1. The minimum Gasteiger partial charge on any atom is -0.343 e. The normalized spacial score (nSPS) is 40.5. The summed E-state index contributed by atoms with van der Waals surface area (Å²) < 4.78 is 0.322. The van der Waals surface area contributed by atoms with Crippen LogP contribution in [0, 0.1) is 29.1 Å². The van der Waals surface area contributed by atoms with Gasteiger partial charge in [-0.25, -0.2) is 0 Å². The maximum absolute atomic E-state index is 13.2. The first kappa shape index (κ1) is 20.3. The molecule has 0 radical (unpaired) electrons. The monoisotopic (exact) mass is 464 g/mol. The Hall–Kier alpha value is -0.580. The molecule has 2 unspecified atom stereocenters. The number of halogens is 1. The van der Waals surface area contributed by atoms with E-state index < -0.39 is 0 Å². The van der Waals surface area contributed by atoms with E-state index in [1.165, 1.54) is 38.5 Å². The van der Waals surface area contributed by atoms with Crippen molar-refractivity contribution in [2.24, 2.45) is 29.1 Å². The van der Waals surface area contributed by atoms with Gasteiger partial charge in [0.2, 0.25) is 11.8 Å². The lowest BCUT2D eigenvalue weighted by molar-refractivity contribution is -0.144. The first-order chi connectivity index (χ1) is 13.8. The fourth-order valence-corrected chi connectivity index (χ4v) is 9.35. The number of alkyl halides is 1. The number of hydrogen-bond acceptors (Lipinski definition) is 2. The van der Waals surface area contributed by atoms with Gasteiger partial charge in [-0.15, -0.1) is 0 Å². The summed E-state index contributed by atoms with van der Waals surface area (Å²) in [6.45, 7) is 5.70. The van der Waals surface area contributed by atoms with E-state index in [0.29, 0.717) is 16.1 Å². The number of likely N-dealkylation sites (tertiary alicyclic amines) is 2. The minimum atomic E-state index is 0.137. The predicted molar refractivity (Wildman–Crippen MR) is 118 cm³/mol. The summed E-state index contributed by atoms with van der Waals surface area (Å²) >= 11 is 4.08. The maximum Gasteiger partial charge on any atom is 0.225 e. The molecule has 6 rings (SSSR count). The average molecular weight is 465 g/mol. The van der Waals surface area contributed by atoms with Crippen LogP contribution in [-0.4, -0.2) is 52.1 Å². The molecule has 2 atom stereocenters. The zero-order chi connectivity index (χ0) is 20.2. The highest BCUT2D eigenvalue weighted by Gasteiger charge is 2.57. The van der Waals surface area contributed by atoms with E-state index in [0.717, 1.165) is 76.0 Å². The van der Waals surface area contributed by atoms with Gasteiger partial charge in [-0.05, 0) is 87.4 Å². The third kappa shape index (κ3) is 4.02. The van der Waals surface area contributed by atoms with Crippen molar-refractivity contribution in [1.29, 1.82) is 0 Å². The van der Waals surface area contributed by atoms with Crippen molar-refractivity contribution in [3.63, 3.8) is 0 Å². The summed E-state index contributed by atoms with van der Waals surface area (Å²) in [6.07, 6.45) is 12.5. The lowest BCUT2D eigenvalue weighted by Crippen LogP contribution is -2.54. The molecule has 4 bridgehead atoms. The summed E-state index contributed by atoms with van der Waals surface area (Å²) in [4.78, 5) is 30.3.